The molecule has 1 rings (SSSR count). The van der Waals surface area contributed by atoms with Gasteiger partial charge in [-0.15, -0.1) is 0 Å². The van der Waals surface area contributed by atoms with E-state index in [1.165, 1.54) is 27.7 Å². The van der Waals surface area contributed by atoms with Crippen LogP contribution in [0.3, 0.4) is 0 Å². The van der Waals surface area contributed by atoms with E-state index in [4.69, 9.17) is 0 Å². The molecule has 10 heavy (non-hydrogen) atoms. The van der Waals surface area contributed by atoms with Crippen LogP contribution in [-0.2, 0) is 0 Å². The zero-order valence-electron chi connectivity index (χ0n) is 5.78. The minimum atomic E-state index is 1.22. The van der Waals surface area contributed by atoms with Crippen molar-refractivity contribution < 1.29 is 0 Å². The topological polar surface area (TPSA) is 0 Å². The molecular weight excluding hydrogens is 275 g/mol. The Labute approximate surface area is 79.4 Å². The molecule has 0 saturated carbocycles. The molecule has 0 radical (unpaired) electrons. The zero-order chi connectivity index (χ0) is 7.72. The van der Waals surface area contributed by atoms with E-state index in [0.717, 1.165) is 0 Å². The molecule has 0 nitrogen and oxygen atoms in total. The molecule has 0 N–H and O–H groups in total. The number of halogens is 2. The van der Waals surface area contributed by atoms with Crippen molar-refractivity contribution in [1.82, 2.24) is 0 Å². The van der Waals surface area contributed by atoms with Crippen molar-refractivity contribution in [1.29, 1.82) is 0 Å². The summed E-state index contributed by atoms with van der Waals surface area (Å²) in [6.07, 6.45) is 0. The van der Waals surface area contributed by atoms with Gasteiger partial charge in [-0.3, -0.25) is 0 Å². The third-order valence-corrected chi connectivity index (χ3v) is 4.20. The highest BCUT2D eigenvalue weighted by atomic mass is 79.9. The summed E-state index contributed by atoms with van der Waals surface area (Å²) < 4.78 is 2.49. The van der Waals surface area contributed by atoms with Crippen molar-refractivity contribution in [3.05, 3.63) is 25.6 Å². The van der Waals surface area contributed by atoms with Crippen molar-refractivity contribution in [2.45, 2.75) is 13.8 Å². The minimum Gasteiger partial charge on any atom is -0.0454 e. The Bertz CT molecular complexity index is 235. The van der Waals surface area contributed by atoms with Gasteiger partial charge in [-0.05, 0) is 71.1 Å². The van der Waals surface area contributed by atoms with Crippen LogP contribution in [0.2, 0.25) is 0 Å². The van der Waals surface area contributed by atoms with Gasteiger partial charge >= 0.3 is 0 Å². The molecule has 0 amide bonds. The number of aryl methyl sites for hydroxylation is 1. The molecule has 0 aromatic carbocycles. The molecule has 0 bridgehead atoms. The van der Waals surface area contributed by atoms with Gasteiger partial charge in [-0.1, -0.05) is 0 Å². The third-order valence-electron chi connectivity index (χ3n) is 1.44. The predicted octanol–water partition coefficient (Wildman–Crippen LogP) is 4.41. The summed E-state index contributed by atoms with van der Waals surface area (Å²) >= 11 is 6.97. The van der Waals surface area contributed by atoms with Crippen LogP contribution in [-0.4, -0.2) is 0 Å². The highest BCUT2D eigenvalue weighted by Gasteiger charge is 1.99. The van der Waals surface area contributed by atoms with Crippen LogP contribution in [0.15, 0.2) is 14.5 Å². The van der Waals surface area contributed by atoms with E-state index >= 15 is 0 Å². The van der Waals surface area contributed by atoms with Crippen LogP contribution in [0.25, 0.3) is 0 Å². The van der Waals surface area contributed by atoms with Crippen molar-refractivity contribution in [3.63, 3.8) is 0 Å². The van der Waals surface area contributed by atoms with Gasteiger partial charge in [0, 0.05) is 8.41 Å². The lowest BCUT2D eigenvalue weighted by Crippen LogP contribution is -1.77. The molecule has 0 aliphatic carbocycles. The van der Waals surface area contributed by atoms with E-state index in [1.54, 1.807) is 0 Å². The molecule has 0 atom stereocenters. The van der Waals surface area contributed by atoms with Crippen LogP contribution in [0.4, 0.5) is 0 Å². The standard InChI is InChI=1S/C7H7Br2P/c1-4-3-6(8)10-7(9)5(4)2/h3H,1-2H3. The highest BCUT2D eigenvalue weighted by molar-refractivity contribution is 9.12. The number of rotatable bonds is 0. The summed E-state index contributed by atoms with van der Waals surface area (Å²) in [4.78, 5) is 0. The lowest BCUT2D eigenvalue weighted by Gasteiger charge is -2.01. The van der Waals surface area contributed by atoms with E-state index in [1.807, 2.05) is 0 Å². The van der Waals surface area contributed by atoms with E-state index < -0.39 is 0 Å². The number of hydrogen-bond acceptors (Lipinski definition) is 0. The van der Waals surface area contributed by atoms with E-state index in [-0.39, 0.29) is 0 Å². The Morgan fingerprint density at radius 3 is 2.40 bits per heavy atom. The summed E-state index contributed by atoms with van der Waals surface area (Å²) in [6.45, 7) is 4.24. The molecule has 0 aliphatic rings. The molecule has 3 heteroatoms. The number of hydrogen-bond donors (Lipinski definition) is 0. The minimum absolute atomic E-state index is 1.22. The van der Waals surface area contributed by atoms with Gasteiger partial charge in [0.25, 0.3) is 0 Å². The molecular formula is C7H7Br2P. The fraction of sp³-hybridized carbons (Fsp3) is 0.286. The lowest BCUT2D eigenvalue weighted by molar-refractivity contribution is 1.35. The van der Waals surface area contributed by atoms with Crippen molar-refractivity contribution in [3.8, 4) is 0 Å². The molecule has 54 valence electrons. The summed E-state index contributed by atoms with van der Waals surface area (Å²) in [6, 6.07) is 2.15. The quantitative estimate of drug-likeness (QED) is 0.661. The van der Waals surface area contributed by atoms with Crippen LogP contribution in [0.5, 0.6) is 0 Å². The molecule has 0 aliphatic heterocycles. The highest BCUT2D eigenvalue weighted by Crippen LogP contribution is 2.34. The maximum absolute atomic E-state index is 3.51. The summed E-state index contributed by atoms with van der Waals surface area (Å²) in [5.41, 5.74) is 2.68. The average molecular weight is 282 g/mol. The summed E-state index contributed by atoms with van der Waals surface area (Å²) in [5.74, 6) is 0. The van der Waals surface area contributed by atoms with E-state index in [2.05, 4.69) is 51.8 Å². The van der Waals surface area contributed by atoms with Gasteiger partial charge in [-0.2, -0.15) is 0 Å². The van der Waals surface area contributed by atoms with Gasteiger partial charge in [-0.25, -0.2) is 0 Å². The third kappa shape index (κ3) is 1.81. The molecule has 1 aromatic rings. The lowest BCUT2D eigenvalue weighted by atomic mass is 10.2. The Balaban J connectivity index is 3.31. The average Bonchev–Trinajstić information content (AvgIpc) is 1.82. The molecule has 0 spiro atoms. The van der Waals surface area contributed by atoms with Gasteiger partial charge in [0.05, 0.1) is 0 Å². The summed E-state index contributed by atoms with van der Waals surface area (Å²) in [7, 11) is 1.24. The predicted molar refractivity (Wildman–Crippen MR) is 53.8 cm³/mol. The Morgan fingerprint density at radius 1 is 1.30 bits per heavy atom. The van der Waals surface area contributed by atoms with Crippen LogP contribution >= 0.6 is 40.1 Å². The second-order valence-electron chi connectivity index (χ2n) is 2.18. The molecule has 0 saturated heterocycles. The zero-order valence-corrected chi connectivity index (χ0v) is 9.85. The first-order valence-corrected chi connectivity index (χ1v) is 5.38. The second kappa shape index (κ2) is 3.34. The van der Waals surface area contributed by atoms with Crippen LogP contribution in [0, 0.1) is 13.8 Å². The van der Waals surface area contributed by atoms with Crippen molar-refractivity contribution in [2.24, 2.45) is 0 Å². The van der Waals surface area contributed by atoms with Gasteiger partial charge in [0.1, 0.15) is 0 Å². The maximum Gasteiger partial charge on any atom is 0.0490 e. The monoisotopic (exact) mass is 280 g/mol. The van der Waals surface area contributed by atoms with Crippen molar-refractivity contribution in [2.75, 3.05) is 0 Å². The Kier molecular flexibility index (Phi) is 2.91. The van der Waals surface area contributed by atoms with E-state index in [9.17, 15) is 0 Å². The molecule has 1 aromatic heterocycles. The molecule has 0 unspecified atom stereocenters. The smallest absolute Gasteiger partial charge is 0.0454 e. The first-order chi connectivity index (χ1) is 4.61. The SMILES string of the molecule is Cc1cc(Br)pc(Br)c1C. The van der Waals surface area contributed by atoms with Crippen molar-refractivity contribution >= 4 is 40.1 Å². The second-order valence-corrected chi connectivity index (χ2v) is 6.20. The van der Waals surface area contributed by atoms with Gasteiger partial charge in [0.15, 0.2) is 0 Å². The fourth-order valence-electron chi connectivity index (χ4n) is 0.660. The van der Waals surface area contributed by atoms with E-state index in [0.29, 0.717) is 0 Å². The van der Waals surface area contributed by atoms with Gasteiger partial charge in [0.2, 0.25) is 0 Å². The Hall–Kier alpha value is 0.610. The molecule has 1 heterocycles. The maximum atomic E-state index is 3.51. The normalized spacial score (nSPS) is 10.8. The van der Waals surface area contributed by atoms with Crippen LogP contribution < -0.4 is 0 Å². The summed E-state index contributed by atoms with van der Waals surface area (Å²) in [5, 5.41) is 0. The largest absolute Gasteiger partial charge is 0.0490 e. The first kappa shape index (κ1) is 8.70. The Morgan fingerprint density at radius 2 is 1.90 bits per heavy atom. The van der Waals surface area contributed by atoms with Gasteiger partial charge < -0.3 is 0 Å². The van der Waals surface area contributed by atoms with Crippen LogP contribution in [0.1, 0.15) is 11.1 Å². The fourth-order valence-corrected chi connectivity index (χ4v) is 3.92. The molecule has 0 fully saturated rings. The first-order valence-electron chi connectivity index (χ1n) is 2.90.